The van der Waals surface area contributed by atoms with Gasteiger partial charge in [0, 0.05) is 25.0 Å². The lowest BCUT2D eigenvalue weighted by molar-refractivity contribution is 0.0471. The summed E-state index contributed by atoms with van der Waals surface area (Å²) < 4.78 is 5.26. The molecule has 0 spiro atoms. The van der Waals surface area contributed by atoms with Gasteiger partial charge in [-0.1, -0.05) is 30.3 Å². The number of carbonyl (C=O) groups is 1. The molecule has 1 aliphatic rings. The molecule has 5 nitrogen and oxygen atoms in total. The van der Waals surface area contributed by atoms with E-state index in [1.807, 2.05) is 39.0 Å². The molecule has 0 aliphatic carbocycles. The summed E-state index contributed by atoms with van der Waals surface area (Å²) in [5, 5.41) is 12.6. The Hall–Kier alpha value is -1.59. The number of aliphatic hydroxyl groups is 1. The van der Waals surface area contributed by atoms with Gasteiger partial charge in [0.15, 0.2) is 0 Å². The van der Waals surface area contributed by atoms with Gasteiger partial charge in [0.05, 0.1) is 6.61 Å². The third-order valence-corrected chi connectivity index (χ3v) is 4.11. The van der Waals surface area contributed by atoms with Crippen molar-refractivity contribution in [3.05, 3.63) is 35.9 Å². The van der Waals surface area contributed by atoms with Crippen molar-refractivity contribution in [1.29, 1.82) is 0 Å². The zero-order chi connectivity index (χ0) is 16.9. The van der Waals surface area contributed by atoms with E-state index in [-0.39, 0.29) is 12.0 Å². The van der Waals surface area contributed by atoms with Crippen LogP contribution >= 0.6 is 0 Å². The summed E-state index contributed by atoms with van der Waals surface area (Å²) in [6.45, 7) is 8.58. The Balaban J connectivity index is 1.86. The molecule has 128 valence electrons. The topological polar surface area (TPSA) is 61.8 Å². The standard InChI is InChI=1S/C18H28N2O3/c1-17(2,3)23-16(22)19-12-18(14-21)9-10-20(13-18)11-15-7-5-4-6-8-15/h4-8,21H,9-14H2,1-3H3,(H,19,22). The highest BCUT2D eigenvalue weighted by molar-refractivity contribution is 5.67. The van der Waals surface area contributed by atoms with Crippen LogP contribution in [0.5, 0.6) is 0 Å². The summed E-state index contributed by atoms with van der Waals surface area (Å²) in [5.74, 6) is 0. The van der Waals surface area contributed by atoms with Crippen molar-refractivity contribution in [2.45, 2.75) is 39.3 Å². The van der Waals surface area contributed by atoms with Gasteiger partial charge in [-0.05, 0) is 39.3 Å². The second-order valence-corrected chi connectivity index (χ2v) is 7.46. The minimum atomic E-state index is -0.508. The van der Waals surface area contributed by atoms with Crippen molar-refractivity contribution in [3.63, 3.8) is 0 Å². The van der Waals surface area contributed by atoms with E-state index in [4.69, 9.17) is 4.74 Å². The van der Waals surface area contributed by atoms with Crippen LogP contribution in [0.1, 0.15) is 32.8 Å². The molecular formula is C18H28N2O3. The van der Waals surface area contributed by atoms with Crippen LogP contribution in [0.2, 0.25) is 0 Å². The van der Waals surface area contributed by atoms with Gasteiger partial charge in [0.2, 0.25) is 0 Å². The van der Waals surface area contributed by atoms with E-state index >= 15 is 0 Å². The zero-order valence-corrected chi connectivity index (χ0v) is 14.3. The Kier molecular flexibility index (Phi) is 5.65. The van der Waals surface area contributed by atoms with Crippen LogP contribution in [0.25, 0.3) is 0 Å². The van der Waals surface area contributed by atoms with Crippen molar-refractivity contribution in [2.75, 3.05) is 26.2 Å². The largest absolute Gasteiger partial charge is 0.444 e. The predicted molar refractivity (Wildman–Crippen MR) is 90.1 cm³/mol. The van der Waals surface area contributed by atoms with E-state index in [0.29, 0.717) is 6.54 Å². The zero-order valence-electron chi connectivity index (χ0n) is 14.3. The van der Waals surface area contributed by atoms with Gasteiger partial charge in [0.25, 0.3) is 0 Å². The van der Waals surface area contributed by atoms with Crippen molar-refractivity contribution < 1.29 is 14.6 Å². The van der Waals surface area contributed by atoms with Crippen molar-refractivity contribution in [3.8, 4) is 0 Å². The number of rotatable bonds is 5. The van der Waals surface area contributed by atoms with Crippen LogP contribution in [0, 0.1) is 5.41 Å². The third kappa shape index (κ3) is 5.52. The van der Waals surface area contributed by atoms with E-state index in [0.717, 1.165) is 26.1 Å². The van der Waals surface area contributed by atoms with Crippen LogP contribution in [0.3, 0.4) is 0 Å². The molecule has 0 aromatic heterocycles. The lowest BCUT2D eigenvalue weighted by Crippen LogP contribution is -2.43. The van der Waals surface area contributed by atoms with Gasteiger partial charge >= 0.3 is 6.09 Å². The van der Waals surface area contributed by atoms with Crippen molar-refractivity contribution in [2.24, 2.45) is 5.41 Å². The summed E-state index contributed by atoms with van der Waals surface area (Å²) >= 11 is 0. The summed E-state index contributed by atoms with van der Waals surface area (Å²) in [6, 6.07) is 10.3. The van der Waals surface area contributed by atoms with E-state index in [9.17, 15) is 9.90 Å². The number of amides is 1. The maximum atomic E-state index is 11.8. The summed E-state index contributed by atoms with van der Waals surface area (Å²) in [6.07, 6.45) is 0.443. The fourth-order valence-electron chi connectivity index (χ4n) is 2.91. The smallest absolute Gasteiger partial charge is 0.407 e. The molecule has 1 atom stereocenters. The van der Waals surface area contributed by atoms with Gasteiger partial charge in [-0.2, -0.15) is 0 Å². The molecule has 0 radical (unpaired) electrons. The second-order valence-electron chi connectivity index (χ2n) is 7.46. The molecule has 1 aromatic rings. The van der Waals surface area contributed by atoms with Crippen LogP contribution in [-0.4, -0.2) is 47.9 Å². The lowest BCUT2D eigenvalue weighted by atomic mass is 9.88. The minimum Gasteiger partial charge on any atom is -0.444 e. The number of nitrogens with one attached hydrogen (secondary N) is 1. The summed E-state index contributed by atoms with van der Waals surface area (Å²) in [7, 11) is 0. The Bertz CT molecular complexity index is 513. The number of ether oxygens (including phenoxy) is 1. The molecule has 1 amide bonds. The SMILES string of the molecule is CC(C)(C)OC(=O)NCC1(CO)CCN(Cc2ccccc2)C1. The van der Waals surface area contributed by atoms with Crippen LogP contribution in [-0.2, 0) is 11.3 Å². The lowest BCUT2D eigenvalue weighted by Gasteiger charge is -2.28. The molecule has 23 heavy (non-hydrogen) atoms. The maximum Gasteiger partial charge on any atom is 0.407 e. The first-order valence-corrected chi connectivity index (χ1v) is 8.16. The van der Waals surface area contributed by atoms with Gasteiger partial charge in [0.1, 0.15) is 5.60 Å². The predicted octanol–water partition coefficient (Wildman–Crippen LogP) is 2.40. The van der Waals surface area contributed by atoms with E-state index in [1.165, 1.54) is 5.56 Å². The highest BCUT2D eigenvalue weighted by atomic mass is 16.6. The average Bonchev–Trinajstić information content (AvgIpc) is 2.88. The molecule has 1 aromatic carbocycles. The third-order valence-electron chi connectivity index (χ3n) is 4.11. The minimum absolute atomic E-state index is 0.0636. The highest BCUT2D eigenvalue weighted by Crippen LogP contribution is 2.30. The molecule has 0 saturated carbocycles. The maximum absolute atomic E-state index is 11.8. The van der Waals surface area contributed by atoms with Crippen LogP contribution in [0.4, 0.5) is 4.79 Å². The number of nitrogens with zero attached hydrogens (tertiary/aromatic N) is 1. The monoisotopic (exact) mass is 320 g/mol. The summed E-state index contributed by atoms with van der Waals surface area (Å²) in [4.78, 5) is 14.1. The second kappa shape index (κ2) is 7.32. The average molecular weight is 320 g/mol. The van der Waals surface area contributed by atoms with Crippen LogP contribution < -0.4 is 5.32 Å². The molecule has 2 N–H and O–H groups in total. The fourth-order valence-corrected chi connectivity index (χ4v) is 2.91. The fraction of sp³-hybridized carbons (Fsp3) is 0.611. The van der Waals surface area contributed by atoms with Gasteiger partial charge in [-0.25, -0.2) is 4.79 Å². The molecule has 1 saturated heterocycles. The van der Waals surface area contributed by atoms with Gasteiger partial charge < -0.3 is 15.2 Å². The normalized spacial score (nSPS) is 22.1. The number of aliphatic hydroxyl groups excluding tert-OH is 1. The molecule has 1 heterocycles. The molecule has 1 unspecified atom stereocenters. The Morgan fingerprint density at radius 1 is 1.35 bits per heavy atom. The molecule has 0 bridgehead atoms. The van der Waals surface area contributed by atoms with Gasteiger partial charge in [-0.15, -0.1) is 0 Å². The van der Waals surface area contributed by atoms with E-state index in [2.05, 4.69) is 22.3 Å². The van der Waals surface area contributed by atoms with Gasteiger partial charge in [-0.3, -0.25) is 4.90 Å². The van der Waals surface area contributed by atoms with Crippen molar-refractivity contribution >= 4 is 6.09 Å². The van der Waals surface area contributed by atoms with E-state index < -0.39 is 11.7 Å². The molecule has 1 fully saturated rings. The first-order chi connectivity index (χ1) is 10.8. The number of alkyl carbamates (subject to hydrolysis) is 1. The number of carbonyl (C=O) groups excluding carboxylic acids is 1. The quantitative estimate of drug-likeness (QED) is 0.874. The number of hydrogen-bond acceptors (Lipinski definition) is 4. The number of likely N-dealkylation sites (tertiary alicyclic amines) is 1. The number of hydrogen-bond donors (Lipinski definition) is 2. The summed E-state index contributed by atoms with van der Waals surface area (Å²) in [5.41, 5.74) is 0.471. The molecular weight excluding hydrogens is 292 g/mol. The first-order valence-electron chi connectivity index (χ1n) is 8.16. The Morgan fingerprint density at radius 3 is 2.65 bits per heavy atom. The van der Waals surface area contributed by atoms with E-state index in [1.54, 1.807) is 0 Å². The molecule has 2 rings (SSSR count). The molecule has 1 aliphatic heterocycles. The van der Waals surface area contributed by atoms with Crippen LogP contribution in [0.15, 0.2) is 30.3 Å². The Labute approximate surface area is 138 Å². The first kappa shape index (κ1) is 17.8. The molecule has 5 heteroatoms. The van der Waals surface area contributed by atoms with Crippen molar-refractivity contribution in [1.82, 2.24) is 10.2 Å². The Morgan fingerprint density at radius 2 is 2.04 bits per heavy atom. The highest BCUT2D eigenvalue weighted by Gasteiger charge is 2.38. The number of benzene rings is 1.